The lowest BCUT2D eigenvalue weighted by atomic mass is 10.0. The normalized spacial score (nSPS) is 14.6. The Morgan fingerprint density at radius 3 is 2.46 bits per heavy atom. The molecule has 0 spiro atoms. The number of hydrogen-bond acceptors (Lipinski definition) is 9. The highest BCUT2D eigenvalue weighted by atomic mass is 32.2. The molecule has 1 aromatic carbocycles. The van der Waals surface area contributed by atoms with E-state index in [4.69, 9.17) is 0 Å². The predicted octanol–water partition coefficient (Wildman–Crippen LogP) is 3.90. The Bertz CT molecular complexity index is 1270. The first kappa shape index (κ1) is 24.9. The smallest absolute Gasteiger partial charge is 0.229 e. The maximum Gasteiger partial charge on any atom is 0.229 e. The molecule has 4 rings (SSSR count). The molecule has 1 aliphatic heterocycles. The van der Waals surface area contributed by atoms with Gasteiger partial charge < -0.3 is 20.9 Å². The summed E-state index contributed by atoms with van der Waals surface area (Å²) in [5.74, 6) is 2.04. The second kappa shape index (κ2) is 10.2. The lowest BCUT2D eigenvalue weighted by molar-refractivity contribution is 0.462. The van der Waals surface area contributed by atoms with E-state index in [0.717, 1.165) is 43.2 Å². The van der Waals surface area contributed by atoms with Crippen LogP contribution in [0, 0.1) is 12.3 Å². The molecule has 3 aromatic rings. The molecule has 0 bridgehead atoms. The summed E-state index contributed by atoms with van der Waals surface area (Å²) in [6, 6.07) is 10.8. The summed E-state index contributed by atoms with van der Waals surface area (Å²) in [6.07, 6.45) is 3.50. The van der Waals surface area contributed by atoms with Crippen LogP contribution < -0.4 is 20.9 Å². The van der Waals surface area contributed by atoms with Crippen molar-refractivity contribution in [3.05, 3.63) is 54.4 Å². The van der Waals surface area contributed by atoms with Crippen molar-refractivity contribution in [2.24, 2.45) is 5.41 Å². The Hall–Kier alpha value is -3.24. The average Bonchev–Trinajstić information content (AvgIpc) is 2.81. The van der Waals surface area contributed by atoms with Crippen LogP contribution >= 0.6 is 0 Å². The number of nitrogens with zero attached hydrogens (tertiary/aromatic N) is 4. The van der Waals surface area contributed by atoms with E-state index >= 15 is 0 Å². The Morgan fingerprint density at radius 2 is 1.77 bits per heavy atom. The summed E-state index contributed by atoms with van der Waals surface area (Å²) >= 11 is 0. The number of pyridine rings is 1. The van der Waals surface area contributed by atoms with Gasteiger partial charge in [0.2, 0.25) is 5.95 Å². The van der Waals surface area contributed by atoms with Gasteiger partial charge in [0, 0.05) is 43.6 Å². The summed E-state index contributed by atoms with van der Waals surface area (Å²) in [5.41, 5.74) is 1.94. The lowest BCUT2D eigenvalue weighted by Gasteiger charge is -2.28. The van der Waals surface area contributed by atoms with Gasteiger partial charge in [-0.2, -0.15) is 4.98 Å². The molecule has 0 aliphatic carbocycles. The Kier molecular flexibility index (Phi) is 7.23. The van der Waals surface area contributed by atoms with Gasteiger partial charge in [0.1, 0.15) is 11.6 Å². The topological polar surface area (TPSA) is 112 Å². The van der Waals surface area contributed by atoms with E-state index in [1.807, 2.05) is 45.9 Å². The molecule has 1 fully saturated rings. The number of aromatic nitrogens is 3. The van der Waals surface area contributed by atoms with Crippen molar-refractivity contribution < 1.29 is 8.42 Å². The number of anilines is 5. The second-order valence-corrected chi connectivity index (χ2v) is 12.0. The van der Waals surface area contributed by atoms with E-state index in [2.05, 4.69) is 35.8 Å². The molecule has 186 valence electrons. The predicted molar refractivity (Wildman–Crippen MR) is 141 cm³/mol. The van der Waals surface area contributed by atoms with E-state index in [0.29, 0.717) is 17.5 Å². The minimum absolute atomic E-state index is 0.0749. The van der Waals surface area contributed by atoms with E-state index in [1.54, 1.807) is 30.6 Å². The molecule has 0 unspecified atom stereocenters. The molecule has 0 atom stereocenters. The molecule has 3 heterocycles. The molecule has 3 N–H and O–H groups in total. The fourth-order valence-electron chi connectivity index (χ4n) is 3.86. The van der Waals surface area contributed by atoms with Gasteiger partial charge in [0.25, 0.3) is 0 Å². The van der Waals surface area contributed by atoms with Crippen LogP contribution in [-0.2, 0) is 9.84 Å². The number of nitrogens with one attached hydrogen (secondary N) is 3. The lowest BCUT2D eigenvalue weighted by Crippen LogP contribution is -2.43. The van der Waals surface area contributed by atoms with Crippen molar-refractivity contribution in [3.8, 4) is 0 Å². The first-order valence-corrected chi connectivity index (χ1v) is 13.4. The Balaban J connectivity index is 1.48. The zero-order chi connectivity index (χ0) is 25.1. The van der Waals surface area contributed by atoms with Crippen molar-refractivity contribution >= 4 is 38.8 Å². The third kappa shape index (κ3) is 6.67. The highest BCUT2D eigenvalue weighted by Gasteiger charge is 2.23. The molecular formula is C25H33N7O2S. The van der Waals surface area contributed by atoms with E-state index in [1.165, 1.54) is 0 Å². The third-order valence-electron chi connectivity index (χ3n) is 5.50. The van der Waals surface area contributed by atoms with Gasteiger partial charge in [-0.25, -0.2) is 18.4 Å². The quantitative estimate of drug-likeness (QED) is 0.449. The number of hydrogen-bond donors (Lipinski definition) is 3. The maximum atomic E-state index is 12.8. The summed E-state index contributed by atoms with van der Waals surface area (Å²) in [7, 11) is -3.40. The molecular weight excluding hydrogens is 462 g/mol. The number of benzene rings is 1. The first-order valence-electron chi connectivity index (χ1n) is 11.7. The van der Waals surface area contributed by atoms with Crippen LogP contribution in [0.3, 0.4) is 0 Å². The number of piperazine rings is 1. The third-order valence-corrected chi connectivity index (χ3v) is 7.71. The average molecular weight is 496 g/mol. The zero-order valence-electron chi connectivity index (χ0n) is 20.7. The molecule has 0 amide bonds. The summed E-state index contributed by atoms with van der Waals surface area (Å²) in [4.78, 5) is 16.1. The van der Waals surface area contributed by atoms with Crippen LogP contribution in [0.5, 0.6) is 0 Å². The largest absolute Gasteiger partial charge is 0.354 e. The van der Waals surface area contributed by atoms with Gasteiger partial charge in [-0.3, -0.25) is 0 Å². The van der Waals surface area contributed by atoms with E-state index < -0.39 is 9.84 Å². The van der Waals surface area contributed by atoms with Crippen molar-refractivity contribution in [2.45, 2.75) is 32.6 Å². The summed E-state index contributed by atoms with van der Waals surface area (Å²) < 4.78 is 25.7. The molecule has 10 heteroatoms. The van der Waals surface area contributed by atoms with Gasteiger partial charge in [0.15, 0.2) is 9.84 Å². The van der Waals surface area contributed by atoms with Crippen LogP contribution in [0.25, 0.3) is 0 Å². The highest BCUT2D eigenvalue weighted by Crippen LogP contribution is 2.26. The number of aryl methyl sites for hydroxylation is 1. The van der Waals surface area contributed by atoms with Crippen molar-refractivity contribution in [1.82, 2.24) is 20.3 Å². The van der Waals surface area contributed by atoms with Crippen LogP contribution in [0.2, 0.25) is 0 Å². The highest BCUT2D eigenvalue weighted by molar-refractivity contribution is 7.91. The SMILES string of the molecule is Cc1cnc(Nc2ccc(N3CCNCC3)nc2)nc1Nc1cccc(S(=O)(=O)CC(C)(C)C)c1. The van der Waals surface area contributed by atoms with Crippen LogP contribution in [-0.4, -0.2) is 55.3 Å². The van der Waals surface area contributed by atoms with Crippen molar-refractivity contribution in [3.63, 3.8) is 0 Å². The molecule has 9 nitrogen and oxygen atoms in total. The van der Waals surface area contributed by atoms with Gasteiger partial charge in [-0.1, -0.05) is 26.8 Å². The zero-order valence-corrected chi connectivity index (χ0v) is 21.5. The second-order valence-electron chi connectivity index (χ2n) is 9.96. The van der Waals surface area contributed by atoms with Crippen molar-refractivity contribution in [2.75, 3.05) is 47.5 Å². The fourth-order valence-corrected chi connectivity index (χ4v) is 5.76. The fraction of sp³-hybridized carbons (Fsp3) is 0.400. The van der Waals surface area contributed by atoms with Gasteiger partial charge >= 0.3 is 0 Å². The van der Waals surface area contributed by atoms with Gasteiger partial charge in [-0.05, 0) is 42.7 Å². The van der Waals surface area contributed by atoms with Crippen LogP contribution in [0.1, 0.15) is 26.3 Å². The van der Waals surface area contributed by atoms with Crippen LogP contribution in [0.15, 0.2) is 53.7 Å². The minimum atomic E-state index is -3.40. The van der Waals surface area contributed by atoms with Gasteiger partial charge in [0.05, 0.1) is 22.5 Å². The number of rotatable bonds is 7. The molecule has 1 aliphatic rings. The maximum absolute atomic E-state index is 12.8. The summed E-state index contributed by atoms with van der Waals surface area (Å²) in [6.45, 7) is 11.4. The molecule has 35 heavy (non-hydrogen) atoms. The molecule has 0 radical (unpaired) electrons. The Labute approximate surface area is 207 Å². The van der Waals surface area contributed by atoms with E-state index in [9.17, 15) is 8.42 Å². The molecule has 0 saturated carbocycles. The minimum Gasteiger partial charge on any atom is -0.354 e. The first-order chi connectivity index (χ1) is 16.6. The van der Waals surface area contributed by atoms with Crippen LogP contribution in [0.4, 0.5) is 29.0 Å². The number of sulfone groups is 1. The van der Waals surface area contributed by atoms with Crippen molar-refractivity contribution in [1.29, 1.82) is 0 Å². The van der Waals surface area contributed by atoms with E-state index in [-0.39, 0.29) is 16.1 Å². The molecule has 1 saturated heterocycles. The van der Waals surface area contributed by atoms with Gasteiger partial charge in [-0.15, -0.1) is 0 Å². The molecule has 2 aromatic heterocycles. The standard InChI is InChI=1S/C25H33N7O2S/c1-18-15-28-24(30-20-8-9-22(27-16-20)32-12-10-26-11-13-32)31-23(18)29-19-6-5-7-21(14-19)35(33,34)17-25(2,3)4/h5-9,14-16,26H,10-13,17H2,1-4H3,(H2,28,29,30,31). The monoisotopic (exact) mass is 495 g/mol. The Morgan fingerprint density at radius 1 is 1.00 bits per heavy atom. The summed E-state index contributed by atoms with van der Waals surface area (Å²) in [5, 5.41) is 9.78.